The van der Waals surface area contributed by atoms with Crippen LogP contribution in [0.5, 0.6) is 5.75 Å². The lowest BCUT2D eigenvalue weighted by Crippen LogP contribution is -2.13. The highest BCUT2D eigenvalue weighted by molar-refractivity contribution is 14.1. The maximum Gasteiger partial charge on any atom is 0.266 e. The Balaban J connectivity index is 2.20. The number of halogens is 1. The van der Waals surface area contributed by atoms with Crippen molar-refractivity contribution >= 4 is 40.3 Å². The minimum absolute atomic E-state index is 0.0498. The number of carbonyl (C=O) groups excluding carboxylic acids is 1. The van der Waals surface area contributed by atoms with E-state index in [1.54, 1.807) is 18.2 Å². The summed E-state index contributed by atoms with van der Waals surface area (Å²) in [6, 6.07) is 16.5. The summed E-state index contributed by atoms with van der Waals surface area (Å²) >= 11 is 2.17. The third kappa shape index (κ3) is 4.83. The normalized spacial score (nSPS) is 10.7. The molecule has 2 rings (SSSR count). The van der Waals surface area contributed by atoms with Crippen LogP contribution >= 0.6 is 22.6 Å². The average Bonchev–Trinajstić information content (AvgIpc) is 2.56. The van der Waals surface area contributed by atoms with Crippen LogP contribution in [0.1, 0.15) is 12.5 Å². The molecule has 0 radical (unpaired) electrons. The van der Waals surface area contributed by atoms with Gasteiger partial charge in [0, 0.05) is 5.69 Å². The van der Waals surface area contributed by atoms with Crippen molar-refractivity contribution in [2.75, 3.05) is 11.9 Å². The molecule has 0 aromatic heterocycles. The van der Waals surface area contributed by atoms with E-state index in [2.05, 4.69) is 27.9 Å². The van der Waals surface area contributed by atoms with Gasteiger partial charge in [-0.3, -0.25) is 4.79 Å². The molecule has 0 saturated heterocycles. The second-order valence-electron chi connectivity index (χ2n) is 4.61. The molecular weight excluding hydrogens is 403 g/mol. The predicted octanol–water partition coefficient (Wildman–Crippen LogP) is 4.24. The fourth-order valence-corrected chi connectivity index (χ4v) is 2.61. The van der Waals surface area contributed by atoms with E-state index in [9.17, 15) is 10.1 Å². The summed E-state index contributed by atoms with van der Waals surface area (Å²) in [7, 11) is 0. The maximum absolute atomic E-state index is 12.2. The summed E-state index contributed by atoms with van der Waals surface area (Å²) in [4.78, 5) is 12.2. The second-order valence-corrected chi connectivity index (χ2v) is 5.78. The number of nitrogens with one attached hydrogen (secondary N) is 1. The Bertz CT molecular complexity index is 764. The van der Waals surface area contributed by atoms with Gasteiger partial charge in [-0.15, -0.1) is 0 Å². The summed E-state index contributed by atoms with van der Waals surface area (Å²) in [5, 5.41) is 11.9. The summed E-state index contributed by atoms with van der Waals surface area (Å²) < 4.78 is 6.41. The first-order valence-corrected chi connectivity index (χ1v) is 8.12. The van der Waals surface area contributed by atoms with E-state index >= 15 is 0 Å². The van der Waals surface area contributed by atoms with Gasteiger partial charge in [-0.05, 0) is 65.4 Å². The van der Waals surface area contributed by atoms with E-state index in [1.165, 1.54) is 0 Å². The number of hydrogen-bond acceptors (Lipinski definition) is 3. The minimum atomic E-state index is -0.428. The molecule has 4 nitrogen and oxygen atoms in total. The molecule has 116 valence electrons. The van der Waals surface area contributed by atoms with E-state index in [4.69, 9.17) is 4.74 Å². The van der Waals surface area contributed by atoms with E-state index in [-0.39, 0.29) is 5.57 Å². The van der Waals surface area contributed by atoms with Crippen LogP contribution in [0.2, 0.25) is 0 Å². The predicted molar refractivity (Wildman–Crippen MR) is 99.0 cm³/mol. The summed E-state index contributed by atoms with van der Waals surface area (Å²) in [6.07, 6.45) is 1.57. The summed E-state index contributed by atoms with van der Waals surface area (Å²) in [6.45, 7) is 2.51. The Morgan fingerprint density at radius 2 is 2.04 bits per heavy atom. The van der Waals surface area contributed by atoms with E-state index in [0.29, 0.717) is 12.3 Å². The van der Waals surface area contributed by atoms with Crippen LogP contribution in [0, 0.1) is 14.9 Å². The molecule has 1 amide bonds. The monoisotopic (exact) mass is 418 g/mol. The molecule has 0 atom stereocenters. The number of benzene rings is 2. The molecule has 0 aliphatic heterocycles. The molecular formula is C18H15IN2O2. The number of amides is 1. The van der Waals surface area contributed by atoms with Crippen molar-refractivity contribution in [1.82, 2.24) is 0 Å². The highest BCUT2D eigenvalue weighted by atomic mass is 127. The molecule has 0 spiro atoms. The average molecular weight is 418 g/mol. The lowest BCUT2D eigenvalue weighted by molar-refractivity contribution is -0.112. The van der Waals surface area contributed by atoms with Crippen LogP contribution in [0.25, 0.3) is 6.08 Å². The summed E-state index contributed by atoms with van der Waals surface area (Å²) in [5.74, 6) is 0.361. The zero-order valence-corrected chi connectivity index (χ0v) is 14.7. The Morgan fingerprint density at radius 1 is 1.30 bits per heavy atom. The summed E-state index contributed by atoms with van der Waals surface area (Å²) in [5.41, 5.74) is 1.48. The fraction of sp³-hybridized carbons (Fsp3) is 0.111. The van der Waals surface area contributed by atoms with Crippen molar-refractivity contribution in [2.45, 2.75) is 6.92 Å². The fourth-order valence-electron chi connectivity index (χ4n) is 1.91. The molecule has 0 fully saturated rings. The van der Waals surface area contributed by atoms with Crippen molar-refractivity contribution < 1.29 is 9.53 Å². The minimum Gasteiger partial charge on any atom is -0.493 e. The number of carbonyl (C=O) groups is 1. The Morgan fingerprint density at radius 3 is 2.65 bits per heavy atom. The van der Waals surface area contributed by atoms with Crippen molar-refractivity contribution in [1.29, 1.82) is 5.26 Å². The number of ether oxygens (including phenoxy) is 1. The van der Waals surface area contributed by atoms with E-state index in [0.717, 1.165) is 14.9 Å². The van der Waals surface area contributed by atoms with Crippen LogP contribution in [-0.2, 0) is 4.79 Å². The largest absolute Gasteiger partial charge is 0.493 e. The SMILES string of the molecule is CCOc1ccc(/C=C(/C#N)C(=O)Nc2ccccc2)cc1I. The number of anilines is 1. The molecule has 5 heteroatoms. The third-order valence-electron chi connectivity index (χ3n) is 2.96. The molecule has 0 bridgehead atoms. The van der Waals surface area contributed by atoms with Crippen molar-refractivity contribution in [3.63, 3.8) is 0 Å². The van der Waals surface area contributed by atoms with Crippen LogP contribution in [0.15, 0.2) is 54.1 Å². The van der Waals surface area contributed by atoms with Crippen molar-refractivity contribution in [3.8, 4) is 11.8 Å². The first-order chi connectivity index (χ1) is 11.1. The highest BCUT2D eigenvalue weighted by Gasteiger charge is 2.10. The number of nitriles is 1. The van der Waals surface area contributed by atoms with Gasteiger partial charge in [0.1, 0.15) is 17.4 Å². The molecule has 0 saturated carbocycles. The highest BCUT2D eigenvalue weighted by Crippen LogP contribution is 2.23. The Hall–Kier alpha value is -2.33. The second kappa shape index (κ2) is 8.34. The van der Waals surface area contributed by atoms with Gasteiger partial charge < -0.3 is 10.1 Å². The van der Waals surface area contributed by atoms with Crippen LogP contribution in [0.3, 0.4) is 0 Å². The van der Waals surface area contributed by atoms with E-state index in [1.807, 2.05) is 49.4 Å². The van der Waals surface area contributed by atoms with Crippen LogP contribution < -0.4 is 10.1 Å². The van der Waals surface area contributed by atoms with Gasteiger partial charge in [-0.25, -0.2) is 0 Å². The van der Waals surface area contributed by atoms with Gasteiger partial charge in [0.25, 0.3) is 5.91 Å². The number of nitrogens with zero attached hydrogens (tertiary/aromatic N) is 1. The topological polar surface area (TPSA) is 62.1 Å². The molecule has 2 aromatic carbocycles. The Labute approximate surface area is 148 Å². The lowest BCUT2D eigenvalue weighted by atomic mass is 10.1. The quantitative estimate of drug-likeness (QED) is 0.449. The zero-order chi connectivity index (χ0) is 16.7. The number of para-hydroxylation sites is 1. The van der Waals surface area contributed by atoms with Gasteiger partial charge in [-0.1, -0.05) is 24.3 Å². The molecule has 0 aliphatic carbocycles. The molecule has 0 aliphatic rings. The molecule has 2 aromatic rings. The van der Waals surface area contributed by atoms with Crippen LogP contribution in [0.4, 0.5) is 5.69 Å². The Kier molecular flexibility index (Phi) is 6.18. The molecule has 0 heterocycles. The first-order valence-electron chi connectivity index (χ1n) is 7.04. The van der Waals surface area contributed by atoms with Crippen molar-refractivity contribution in [3.05, 3.63) is 63.2 Å². The van der Waals surface area contributed by atoms with Crippen molar-refractivity contribution in [2.24, 2.45) is 0 Å². The molecule has 23 heavy (non-hydrogen) atoms. The third-order valence-corrected chi connectivity index (χ3v) is 3.81. The lowest BCUT2D eigenvalue weighted by Gasteiger charge is -2.07. The van der Waals surface area contributed by atoms with Gasteiger partial charge in [0.15, 0.2) is 0 Å². The zero-order valence-electron chi connectivity index (χ0n) is 12.5. The first kappa shape index (κ1) is 17.0. The van der Waals surface area contributed by atoms with Gasteiger partial charge >= 0.3 is 0 Å². The van der Waals surface area contributed by atoms with Gasteiger partial charge in [-0.2, -0.15) is 5.26 Å². The standard InChI is InChI=1S/C18H15IN2O2/c1-2-23-17-9-8-13(11-16(17)19)10-14(12-20)18(22)21-15-6-4-3-5-7-15/h3-11H,2H2,1H3,(H,21,22)/b14-10-. The smallest absolute Gasteiger partial charge is 0.266 e. The molecule has 1 N–H and O–H groups in total. The number of hydrogen-bond donors (Lipinski definition) is 1. The van der Waals surface area contributed by atoms with Gasteiger partial charge in [0.2, 0.25) is 0 Å². The maximum atomic E-state index is 12.2. The van der Waals surface area contributed by atoms with Crippen LogP contribution in [-0.4, -0.2) is 12.5 Å². The van der Waals surface area contributed by atoms with Gasteiger partial charge in [0.05, 0.1) is 10.2 Å². The number of rotatable bonds is 5. The van der Waals surface area contributed by atoms with E-state index < -0.39 is 5.91 Å². The molecule has 0 unspecified atom stereocenters.